The van der Waals surface area contributed by atoms with E-state index in [1.54, 1.807) is 0 Å². The van der Waals surface area contributed by atoms with Crippen molar-refractivity contribution in [3.8, 4) is 0 Å². The first-order chi connectivity index (χ1) is 12.3. The van der Waals surface area contributed by atoms with Crippen molar-refractivity contribution in [2.24, 2.45) is 0 Å². The Labute approximate surface area is 157 Å². The molecule has 0 aromatic heterocycles. The van der Waals surface area contributed by atoms with Crippen molar-refractivity contribution in [3.05, 3.63) is 35.9 Å². The molecule has 2 rings (SSSR count). The fourth-order valence-corrected chi connectivity index (χ4v) is 3.91. The van der Waals surface area contributed by atoms with Crippen molar-refractivity contribution in [2.45, 2.75) is 83.0 Å². The fourth-order valence-electron chi connectivity index (χ4n) is 3.91. The van der Waals surface area contributed by atoms with Gasteiger partial charge >= 0.3 is 6.09 Å². The highest BCUT2D eigenvalue weighted by Gasteiger charge is 2.37. The van der Waals surface area contributed by atoms with Gasteiger partial charge in [0.25, 0.3) is 0 Å². The number of nitrogens with zero attached hydrogens (tertiary/aromatic N) is 1. The van der Waals surface area contributed by atoms with Crippen molar-refractivity contribution in [3.63, 3.8) is 0 Å². The second-order valence-electron chi connectivity index (χ2n) is 8.39. The van der Waals surface area contributed by atoms with E-state index in [0.29, 0.717) is 19.0 Å². The normalized spacial score (nSPS) is 18.3. The Kier molecular flexibility index (Phi) is 7.47. The van der Waals surface area contributed by atoms with Gasteiger partial charge in [-0.1, -0.05) is 49.6 Å². The summed E-state index contributed by atoms with van der Waals surface area (Å²) in [7, 11) is 0. The van der Waals surface area contributed by atoms with Crippen molar-refractivity contribution in [1.29, 1.82) is 0 Å². The molecule has 1 aromatic carbocycles. The van der Waals surface area contributed by atoms with Gasteiger partial charge in [-0.05, 0) is 45.6 Å². The minimum absolute atomic E-state index is 0.419. The van der Waals surface area contributed by atoms with Crippen molar-refractivity contribution < 1.29 is 15.0 Å². The quantitative estimate of drug-likeness (QED) is 0.692. The maximum Gasteiger partial charge on any atom is 0.408 e. The van der Waals surface area contributed by atoms with Crippen LogP contribution in [0, 0.1) is 0 Å². The van der Waals surface area contributed by atoms with Gasteiger partial charge in [-0.3, -0.25) is 4.90 Å². The number of carboxylic acid groups (broad SMARTS) is 1. The summed E-state index contributed by atoms with van der Waals surface area (Å²) >= 11 is 0. The van der Waals surface area contributed by atoms with Gasteiger partial charge < -0.3 is 15.5 Å². The standard InChI is InChI=1S/C21H34N2O3/c1-21(2,3)23(20(25)26)18(14-16-10-6-4-7-11-16)19(24)15-22-17-12-8-5-9-13-17/h4,6-7,10-11,17-19,22,24H,5,8-9,12-15H2,1-3H3,(H,25,26)/t18-,19+/m0/s1. The van der Waals surface area contributed by atoms with Gasteiger partial charge in [0.15, 0.2) is 0 Å². The molecular formula is C21H34N2O3. The van der Waals surface area contributed by atoms with Gasteiger partial charge in [-0.2, -0.15) is 0 Å². The van der Waals surface area contributed by atoms with Crippen LogP contribution in [0.3, 0.4) is 0 Å². The number of aliphatic hydroxyl groups is 1. The first-order valence-corrected chi connectivity index (χ1v) is 9.76. The summed E-state index contributed by atoms with van der Waals surface area (Å²) < 4.78 is 0. The third kappa shape index (κ3) is 5.99. The molecule has 0 unspecified atom stereocenters. The van der Waals surface area contributed by atoms with Crippen molar-refractivity contribution in [2.75, 3.05) is 6.54 Å². The second-order valence-corrected chi connectivity index (χ2v) is 8.39. The maximum atomic E-state index is 12.0. The predicted octanol–water partition coefficient (Wildman–Crippen LogP) is 3.66. The molecule has 1 aromatic rings. The molecule has 1 amide bonds. The lowest BCUT2D eigenvalue weighted by atomic mass is 9.93. The third-order valence-corrected chi connectivity index (χ3v) is 5.21. The van der Waals surface area contributed by atoms with E-state index in [4.69, 9.17) is 0 Å². The molecule has 2 atom stereocenters. The molecule has 0 bridgehead atoms. The molecule has 0 radical (unpaired) electrons. The van der Waals surface area contributed by atoms with Crippen LogP contribution in [-0.2, 0) is 6.42 Å². The van der Waals surface area contributed by atoms with E-state index in [1.165, 1.54) is 24.2 Å². The van der Waals surface area contributed by atoms with Crippen LogP contribution in [0.15, 0.2) is 30.3 Å². The predicted molar refractivity (Wildman–Crippen MR) is 104 cm³/mol. The molecule has 1 fully saturated rings. The molecule has 1 aliphatic rings. The van der Waals surface area contributed by atoms with Crippen molar-refractivity contribution in [1.82, 2.24) is 10.2 Å². The SMILES string of the molecule is CC(C)(C)N(C(=O)O)[C@@H](Cc1ccccc1)[C@H](O)CNC1CCCCC1. The molecule has 26 heavy (non-hydrogen) atoms. The van der Waals surface area contributed by atoms with Crippen LogP contribution in [0.1, 0.15) is 58.4 Å². The Morgan fingerprint density at radius 2 is 1.81 bits per heavy atom. The van der Waals surface area contributed by atoms with Gasteiger partial charge in [0.05, 0.1) is 12.1 Å². The van der Waals surface area contributed by atoms with E-state index in [2.05, 4.69) is 5.32 Å². The number of amides is 1. The number of hydrogen-bond donors (Lipinski definition) is 3. The van der Waals surface area contributed by atoms with Crippen molar-refractivity contribution >= 4 is 6.09 Å². The Balaban J connectivity index is 2.13. The summed E-state index contributed by atoms with van der Waals surface area (Å²) in [5.41, 5.74) is 0.446. The summed E-state index contributed by atoms with van der Waals surface area (Å²) in [5.74, 6) is 0. The van der Waals surface area contributed by atoms with Gasteiger partial charge in [0.1, 0.15) is 0 Å². The maximum absolute atomic E-state index is 12.0. The number of aliphatic hydroxyl groups excluding tert-OH is 1. The zero-order valence-corrected chi connectivity index (χ0v) is 16.3. The lowest BCUT2D eigenvalue weighted by molar-refractivity contribution is 0.00649. The van der Waals surface area contributed by atoms with E-state index in [9.17, 15) is 15.0 Å². The average molecular weight is 363 g/mol. The largest absolute Gasteiger partial charge is 0.465 e. The van der Waals surface area contributed by atoms with E-state index < -0.39 is 23.8 Å². The number of carbonyl (C=O) groups is 1. The minimum Gasteiger partial charge on any atom is -0.465 e. The summed E-state index contributed by atoms with van der Waals surface area (Å²) in [6.45, 7) is 6.04. The number of nitrogens with one attached hydrogen (secondary N) is 1. The molecule has 0 spiro atoms. The van der Waals surface area contributed by atoms with Gasteiger partial charge in [-0.15, -0.1) is 0 Å². The lowest BCUT2D eigenvalue weighted by Crippen LogP contribution is -2.58. The number of rotatable bonds is 7. The second kappa shape index (κ2) is 9.38. The Bertz CT molecular complexity index is 550. The number of benzene rings is 1. The monoisotopic (exact) mass is 362 g/mol. The molecule has 0 saturated heterocycles. The van der Waals surface area contributed by atoms with Crippen LogP contribution in [0.2, 0.25) is 0 Å². The molecule has 5 nitrogen and oxygen atoms in total. The highest BCUT2D eigenvalue weighted by molar-refractivity contribution is 5.66. The topological polar surface area (TPSA) is 72.8 Å². The Hall–Kier alpha value is -1.59. The minimum atomic E-state index is -0.991. The number of hydrogen-bond acceptors (Lipinski definition) is 3. The van der Waals surface area contributed by atoms with Crippen LogP contribution in [0.4, 0.5) is 4.79 Å². The Morgan fingerprint density at radius 3 is 2.35 bits per heavy atom. The van der Waals surface area contributed by atoms with E-state index in [-0.39, 0.29) is 0 Å². The molecular weight excluding hydrogens is 328 g/mol. The average Bonchev–Trinajstić information content (AvgIpc) is 2.59. The van der Waals surface area contributed by atoms with Crippen LogP contribution in [-0.4, -0.2) is 51.5 Å². The van der Waals surface area contributed by atoms with E-state index in [0.717, 1.165) is 18.4 Å². The van der Waals surface area contributed by atoms with Gasteiger partial charge in [-0.25, -0.2) is 4.79 Å². The van der Waals surface area contributed by atoms with Gasteiger partial charge in [0, 0.05) is 18.1 Å². The van der Waals surface area contributed by atoms with Crippen LogP contribution in [0.25, 0.3) is 0 Å². The van der Waals surface area contributed by atoms with E-state index >= 15 is 0 Å². The highest BCUT2D eigenvalue weighted by atomic mass is 16.4. The zero-order chi connectivity index (χ0) is 19.2. The van der Waals surface area contributed by atoms with Crippen LogP contribution in [0.5, 0.6) is 0 Å². The first-order valence-electron chi connectivity index (χ1n) is 9.76. The van der Waals surface area contributed by atoms with Gasteiger partial charge in [0.2, 0.25) is 0 Å². The molecule has 0 aliphatic heterocycles. The smallest absolute Gasteiger partial charge is 0.408 e. The molecule has 5 heteroatoms. The zero-order valence-electron chi connectivity index (χ0n) is 16.3. The first kappa shape index (κ1) is 20.7. The summed E-state index contributed by atoms with van der Waals surface area (Å²) in [5, 5.41) is 24.2. The van der Waals surface area contributed by atoms with E-state index in [1.807, 2.05) is 51.1 Å². The van der Waals surface area contributed by atoms with Crippen LogP contribution >= 0.6 is 0 Å². The Morgan fingerprint density at radius 1 is 1.19 bits per heavy atom. The third-order valence-electron chi connectivity index (χ3n) is 5.21. The molecule has 0 heterocycles. The highest BCUT2D eigenvalue weighted by Crippen LogP contribution is 2.23. The molecule has 1 aliphatic carbocycles. The fraction of sp³-hybridized carbons (Fsp3) is 0.667. The molecule has 1 saturated carbocycles. The summed E-state index contributed by atoms with van der Waals surface area (Å²) in [4.78, 5) is 13.4. The molecule has 146 valence electrons. The lowest BCUT2D eigenvalue weighted by Gasteiger charge is -2.42. The molecule has 3 N–H and O–H groups in total. The summed E-state index contributed by atoms with van der Waals surface area (Å²) in [6.07, 6.45) is 4.76. The van der Waals surface area contributed by atoms with Crippen LogP contribution < -0.4 is 5.32 Å². The summed E-state index contributed by atoms with van der Waals surface area (Å²) in [6, 6.07) is 9.74.